The molecule has 1 aromatic carbocycles. The van der Waals surface area contributed by atoms with Crippen LogP contribution < -0.4 is 5.32 Å². The van der Waals surface area contributed by atoms with E-state index < -0.39 is 0 Å². The molecule has 0 unspecified atom stereocenters. The highest BCUT2D eigenvalue weighted by molar-refractivity contribution is 7.11. The molecule has 1 aliphatic rings. The first-order chi connectivity index (χ1) is 10.3. The van der Waals surface area contributed by atoms with E-state index in [1.165, 1.54) is 12.1 Å². The predicted molar refractivity (Wildman–Crippen MR) is 78.3 cm³/mol. The van der Waals surface area contributed by atoms with Crippen molar-refractivity contribution in [2.24, 2.45) is 0 Å². The summed E-state index contributed by atoms with van der Waals surface area (Å²) in [5.74, 6) is 0.322. The lowest BCUT2D eigenvalue weighted by atomic mass is 10.0. The molecule has 2 aromatic heterocycles. The molecule has 1 aliphatic heterocycles. The highest BCUT2D eigenvalue weighted by Crippen LogP contribution is 2.32. The molecular weight excluding hydrogens is 289 g/mol. The molecule has 3 heterocycles. The number of nitrogens with one attached hydrogen (secondary N) is 1. The number of tetrazole rings is 1. The molecule has 0 spiro atoms. The van der Waals surface area contributed by atoms with Crippen molar-refractivity contribution in [2.45, 2.75) is 6.04 Å². The van der Waals surface area contributed by atoms with Gasteiger partial charge in [-0.15, -0.1) is 11.3 Å². The largest absolute Gasteiger partial charge is 0.322 e. The molecule has 104 valence electrons. The van der Waals surface area contributed by atoms with E-state index >= 15 is 0 Å². The van der Waals surface area contributed by atoms with Crippen LogP contribution in [0.5, 0.6) is 0 Å². The summed E-state index contributed by atoms with van der Waals surface area (Å²) < 4.78 is 14.8. The molecule has 0 fully saturated rings. The zero-order chi connectivity index (χ0) is 14.2. The van der Waals surface area contributed by atoms with E-state index in [2.05, 4.69) is 20.8 Å². The quantitative estimate of drug-likeness (QED) is 0.790. The Bertz CT molecular complexity index is 791. The van der Waals surface area contributed by atoms with Crippen LogP contribution in [0, 0.1) is 5.82 Å². The van der Waals surface area contributed by atoms with Gasteiger partial charge in [0, 0.05) is 0 Å². The Morgan fingerprint density at radius 3 is 2.81 bits per heavy atom. The average Bonchev–Trinajstić information content (AvgIpc) is 3.18. The summed E-state index contributed by atoms with van der Waals surface area (Å²) in [6, 6.07) is 10.3. The van der Waals surface area contributed by atoms with Crippen molar-refractivity contribution in [1.82, 2.24) is 20.2 Å². The van der Waals surface area contributed by atoms with Crippen LogP contribution >= 0.6 is 11.3 Å². The fourth-order valence-corrected chi connectivity index (χ4v) is 3.03. The molecule has 0 bridgehead atoms. The average molecular weight is 299 g/mol. The van der Waals surface area contributed by atoms with Gasteiger partial charge < -0.3 is 5.32 Å². The number of rotatable bonds is 2. The van der Waals surface area contributed by atoms with Crippen molar-refractivity contribution in [2.75, 3.05) is 5.32 Å². The third-order valence-corrected chi connectivity index (χ3v) is 4.23. The maximum Gasteiger partial charge on any atom is 0.248 e. The SMILES string of the molecule is Fc1ccc([C@@H]2C=C(c3cccs3)Nc3nnnn32)cc1. The van der Waals surface area contributed by atoms with Gasteiger partial charge in [0.2, 0.25) is 5.95 Å². The maximum absolute atomic E-state index is 13.1. The Hall–Kier alpha value is -2.54. The van der Waals surface area contributed by atoms with Crippen molar-refractivity contribution in [3.05, 3.63) is 64.1 Å². The minimum atomic E-state index is -0.257. The number of anilines is 1. The van der Waals surface area contributed by atoms with E-state index in [9.17, 15) is 4.39 Å². The molecule has 0 amide bonds. The summed E-state index contributed by atoms with van der Waals surface area (Å²) in [5, 5.41) is 16.9. The Balaban J connectivity index is 1.82. The lowest BCUT2D eigenvalue weighted by Crippen LogP contribution is -2.19. The molecule has 1 atom stereocenters. The standard InChI is InChI=1S/C14H10FN5S/c15-10-5-3-9(4-6-10)12-8-11(13-2-1-7-21-13)16-14-17-18-19-20(12)14/h1-8,12H,(H,16,17,19)/t12-/m0/s1. The summed E-state index contributed by atoms with van der Waals surface area (Å²) >= 11 is 1.64. The number of benzene rings is 1. The zero-order valence-corrected chi connectivity index (χ0v) is 11.6. The van der Waals surface area contributed by atoms with Gasteiger partial charge in [-0.05, 0) is 45.6 Å². The number of aromatic nitrogens is 4. The number of allylic oxidation sites excluding steroid dienone is 1. The number of hydrogen-bond acceptors (Lipinski definition) is 5. The van der Waals surface area contributed by atoms with Crippen LogP contribution in [0.15, 0.2) is 47.9 Å². The van der Waals surface area contributed by atoms with E-state index in [1.54, 1.807) is 28.2 Å². The van der Waals surface area contributed by atoms with E-state index in [0.29, 0.717) is 5.95 Å². The molecule has 21 heavy (non-hydrogen) atoms. The second-order valence-corrected chi connectivity index (χ2v) is 5.57. The number of hydrogen-bond donors (Lipinski definition) is 1. The third-order valence-electron chi connectivity index (χ3n) is 3.33. The number of fused-ring (bicyclic) bond motifs is 1. The summed E-state index contributed by atoms with van der Waals surface area (Å²) in [7, 11) is 0. The second kappa shape index (κ2) is 4.78. The van der Waals surface area contributed by atoms with Gasteiger partial charge >= 0.3 is 0 Å². The maximum atomic E-state index is 13.1. The van der Waals surface area contributed by atoms with Crippen LogP contribution in [0.2, 0.25) is 0 Å². The Morgan fingerprint density at radius 2 is 2.05 bits per heavy atom. The molecule has 5 nitrogen and oxygen atoms in total. The van der Waals surface area contributed by atoms with Crippen molar-refractivity contribution >= 4 is 23.0 Å². The minimum absolute atomic E-state index is 0.158. The monoisotopic (exact) mass is 299 g/mol. The fraction of sp³-hybridized carbons (Fsp3) is 0.0714. The number of thiophene rings is 1. The van der Waals surface area contributed by atoms with Crippen molar-refractivity contribution in [3.63, 3.8) is 0 Å². The Morgan fingerprint density at radius 1 is 1.19 bits per heavy atom. The van der Waals surface area contributed by atoms with Crippen LogP contribution in [-0.2, 0) is 0 Å². The summed E-state index contributed by atoms with van der Waals surface area (Å²) in [6.07, 6.45) is 2.04. The van der Waals surface area contributed by atoms with Crippen LogP contribution in [0.25, 0.3) is 5.70 Å². The lowest BCUT2D eigenvalue weighted by molar-refractivity contribution is 0.582. The molecule has 4 rings (SSSR count). The number of halogens is 1. The van der Waals surface area contributed by atoms with Gasteiger partial charge in [-0.3, -0.25) is 0 Å². The molecule has 3 aromatic rings. The smallest absolute Gasteiger partial charge is 0.248 e. The Kier molecular flexibility index (Phi) is 2.78. The summed E-state index contributed by atoms with van der Waals surface area (Å²) in [5.41, 5.74) is 1.89. The van der Waals surface area contributed by atoms with Gasteiger partial charge in [-0.25, -0.2) is 4.39 Å². The van der Waals surface area contributed by atoms with Crippen LogP contribution in [0.1, 0.15) is 16.5 Å². The van der Waals surface area contributed by atoms with E-state index in [0.717, 1.165) is 16.1 Å². The predicted octanol–water partition coefficient (Wildman–Crippen LogP) is 2.93. The van der Waals surface area contributed by atoms with Gasteiger partial charge in [0.15, 0.2) is 0 Å². The van der Waals surface area contributed by atoms with Gasteiger partial charge in [0.25, 0.3) is 0 Å². The normalized spacial score (nSPS) is 17.0. The molecule has 0 saturated carbocycles. The second-order valence-electron chi connectivity index (χ2n) is 4.63. The van der Waals surface area contributed by atoms with Crippen molar-refractivity contribution < 1.29 is 4.39 Å². The molecule has 1 N–H and O–H groups in total. The first kappa shape index (κ1) is 12.2. The minimum Gasteiger partial charge on any atom is -0.322 e. The van der Waals surface area contributed by atoms with Crippen molar-refractivity contribution in [1.29, 1.82) is 0 Å². The van der Waals surface area contributed by atoms with Crippen LogP contribution in [0.4, 0.5) is 10.3 Å². The van der Waals surface area contributed by atoms with Gasteiger partial charge in [-0.2, -0.15) is 4.68 Å². The summed E-state index contributed by atoms with van der Waals surface area (Å²) in [4.78, 5) is 1.11. The first-order valence-electron chi connectivity index (χ1n) is 6.37. The highest BCUT2D eigenvalue weighted by Gasteiger charge is 2.24. The van der Waals surface area contributed by atoms with Gasteiger partial charge in [-0.1, -0.05) is 23.3 Å². The molecule has 0 saturated heterocycles. The van der Waals surface area contributed by atoms with Gasteiger partial charge in [0.1, 0.15) is 11.9 Å². The zero-order valence-electron chi connectivity index (χ0n) is 10.8. The molecule has 0 aliphatic carbocycles. The third kappa shape index (κ3) is 2.11. The molecule has 0 radical (unpaired) electrons. The molecular formula is C14H10FN5S. The van der Waals surface area contributed by atoms with E-state index in [-0.39, 0.29) is 11.9 Å². The van der Waals surface area contributed by atoms with E-state index in [4.69, 9.17) is 0 Å². The topological polar surface area (TPSA) is 55.6 Å². The Labute approximate surface area is 123 Å². The van der Waals surface area contributed by atoms with Crippen molar-refractivity contribution in [3.8, 4) is 0 Å². The molecule has 7 heteroatoms. The van der Waals surface area contributed by atoms with E-state index in [1.807, 2.05) is 23.6 Å². The number of nitrogens with zero attached hydrogens (tertiary/aromatic N) is 4. The first-order valence-corrected chi connectivity index (χ1v) is 7.25. The lowest BCUT2D eigenvalue weighted by Gasteiger charge is -2.22. The van der Waals surface area contributed by atoms with Gasteiger partial charge in [0.05, 0.1) is 10.6 Å². The van der Waals surface area contributed by atoms with Crippen LogP contribution in [-0.4, -0.2) is 20.2 Å². The van der Waals surface area contributed by atoms with Crippen LogP contribution in [0.3, 0.4) is 0 Å². The fourth-order valence-electron chi connectivity index (χ4n) is 2.33. The highest BCUT2D eigenvalue weighted by atomic mass is 32.1. The summed E-state index contributed by atoms with van der Waals surface area (Å²) in [6.45, 7) is 0.